The third-order valence-corrected chi connectivity index (χ3v) is 6.98. The predicted octanol–water partition coefficient (Wildman–Crippen LogP) is 5.14. The number of piperazine rings is 1. The topological polar surface area (TPSA) is 82.0 Å². The van der Waals surface area contributed by atoms with Crippen molar-refractivity contribution in [3.8, 4) is 0 Å². The first kappa shape index (κ1) is 30.1. The quantitative estimate of drug-likeness (QED) is 0.288. The van der Waals surface area contributed by atoms with Gasteiger partial charge in [0.15, 0.2) is 0 Å². The average Bonchev–Trinajstić information content (AvgIpc) is 2.87. The van der Waals surface area contributed by atoms with E-state index >= 15 is 0 Å². The van der Waals surface area contributed by atoms with Crippen molar-refractivity contribution in [3.05, 3.63) is 63.7 Å². The van der Waals surface area contributed by atoms with E-state index in [1.807, 2.05) is 4.90 Å². The third-order valence-electron chi connectivity index (χ3n) is 6.98. The number of anilines is 2. The lowest BCUT2D eigenvalue weighted by molar-refractivity contribution is -0.388. The molecule has 13 heteroatoms. The molecule has 2 aliphatic heterocycles. The second-order valence-corrected chi connectivity index (χ2v) is 9.46. The molecule has 2 saturated heterocycles. The van der Waals surface area contributed by atoms with E-state index in [4.69, 9.17) is 0 Å². The SMILES string of the molecule is C.O=C(CCN1CCN(c2ccc(F)cc2F)CC1)N1CCC(Nc2ccc([N+](=O)[O-])c(C(F)(F)F)c2)CC1. The molecule has 214 valence electrons. The van der Waals surface area contributed by atoms with Crippen molar-refractivity contribution >= 4 is 23.0 Å². The van der Waals surface area contributed by atoms with Gasteiger partial charge in [-0.1, -0.05) is 7.43 Å². The molecule has 2 fully saturated rings. The van der Waals surface area contributed by atoms with Gasteiger partial charge in [0, 0.05) is 76.1 Å². The van der Waals surface area contributed by atoms with Crippen LogP contribution in [0.5, 0.6) is 0 Å². The van der Waals surface area contributed by atoms with Crippen LogP contribution in [0.3, 0.4) is 0 Å². The summed E-state index contributed by atoms with van der Waals surface area (Å²) in [5.74, 6) is -1.23. The summed E-state index contributed by atoms with van der Waals surface area (Å²) in [7, 11) is 0. The molecule has 1 N–H and O–H groups in total. The maximum absolute atomic E-state index is 14.0. The number of nitro benzene ring substituents is 1. The highest BCUT2D eigenvalue weighted by atomic mass is 19.4. The van der Waals surface area contributed by atoms with Gasteiger partial charge < -0.3 is 15.1 Å². The maximum Gasteiger partial charge on any atom is 0.423 e. The largest absolute Gasteiger partial charge is 0.423 e. The summed E-state index contributed by atoms with van der Waals surface area (Å²) in [6.07, 6.45) is -3.46. The predicted molar refractivity (Wildman–Crippen MR) is 138 cm³/mol. The summed E-state index contributed by atoms with van der Waals surface area (Å²) < 4.78 is 66.9. The van der Waals surface area contributed by atoms with Gasteiger partial charge >= 0.3 is 6.18 Å². The molecule has 8 nitrogen and oxygen atoms in total. The van der Waals surface area contributed by atoms with Crippen molar-refractivity contribution in [3.63, 3.8) is 0 Å². The number of rotatable bonds is 7. The maximum atomic E-state index is 14.0. The number of carbonyl (C=O) groups excluding carboxylic acids is 1. The van der Waals surface area contributed by atoms with Gasteiger partial charge in [-0.2, -0.15) is 13.2 Å². The summed E-state index contributed by atoms with van der Waals surface area (Å²) in [6.45, 7) is 3.87. The summed E-state index contributed by atoms with van der Waals surface area (Å²) >= 11 is 0. The van der Waals surface area contributed by atoms with Crippen molar-refractivity contribution in [2.75, 3.05) is 56.0 Å². The van der Waals surface area contributed by atoms with Gasteiger partial charge in [-0.05, 0) is 37.1 Å². The van der Waals surface area contributed by atoms with Crippen molar-refractivity contribution in [2.45, 2.75) is 38.9 Å². The van der Waals surface area contributed by atoms with E-state index in [-0.39, 0.29) is 25.1 Å². The van der Waals surface area contributed by atoms with Crippen molar-refractivity contribution < 1.29 is 31.7 Å². The number of nitrogens with zero attached hydrogens (tertiary/aromatic N) is 4. The number of carbonyl (C=O) groups is 1. The Morgan fingerprint density at radius 1 is 1.00 bits per heavy atom. The van der Waals surface area contributed by atoms with Crippen molar-refractivity contribution in [1.82, 2.24) is 9.80 Å². The number of alkyl halides is 3. The van der Waals surface area contributed by atoms with Crippen LogP contribution in [-0.4, -0.2) is 72.5 Å². The Kier molecular flexibility index (Phi) is 9.70. The zero-order chi connectivity index (χ0) is 27.4. The molecule has 0 saturated carbocycles. The molecule has 0 spiro atoms. The van der Waals surface area contributed by atoms with Gasteiger partial charge in [0.25, 0.3) is 5.69 Å². The number of likely N-dealkylation sites (tertiary alicyclic amines) is 1. The van der Waals surface area contributed by atoms with E-state index < -0.39 is 34.0 Å². The van der Waals surface area contributed by atoms with Gasteiger partial charge in [-0.25, -0.2) is 8.78 Å². The van der Waals surface area contributed by atoms with Gasteiger partial charge in [0.2, 0.25) is 5.91 Å². The van der Waals surface area contributed by atoms with Gasteiger partial charge in [0.1, 0.15) is 17.2 Å². The van der Waals surface area contributed by atoms with Crippen molar-refractivity contribution in [2.24, 2.45) is 0 Å². The van der Waals surface area contributed by atoms with E-state index in [2.05, 4.69) is 10.2 Å². The number of hydrogen-bond donors (Lipinski definition) is 1. The Hall–Kier alpha value is -3.48. The van der Waals surface area contributed by atoms with E-state index in [9.17, 15) is 36.9 Å². The van der Waals surface area contributed by atoms with Crippen LogP contribution in [0.1, 0.15) is 32.3 Å². The molecule has 0 radical (unpaired) electrons. The Labute approximate surface area is 223 Å². The summed E-state index contributed by atoms with van der Waals surface area (Å²) in [6, 6.07) is 6.22. The normalized spacial score (nSPS) is 17.1. The number of hydrogen-bond acceptors (Lipinski definition) is 6. The third kappa shape index (κ3) is 7.55. The van der Waals surface area contributed by atoms with Crippen LogP contribution in [0.4, 0.5) is 39.0 Å². The molecule has 4 rings (SSSR count). The number of halogens is 5. The van der Waals surface area contributed by atoms with Gasteiger partial charge in [-0.3, -0.25) is 19.8 Å². The molecule has 2 heterocycles. The van der Waals surface area contributed by atoms with E-state index in [0.717, 1.165) is 18.2 Å². The molecule has 39 heavy (non-hydrogen) atoms. The van der Waals surface area contributed by atoms with E-state index in [0.29, 0.717) is 70.8 Å². The van der Waals surface area contributed by atoms with Crippen LogP contribution in [0.2, 0.25) is 0 Å². The number of benzene rings is 2. The molecule has 2 aliphatic rings. The van der Waals surface area contributed by atoms with E-state index in [1.54, 1.807) is 4.90 Å². The zero-order valence-electron chi connectivity index (χ0n) is 20.5. The lowest BCUT2D eigenvalue weighted by atomic mass is 10.0. The number of amides is 1. The summed E-state index contributed by atoms with van der Waals surface area (Å²) in [5, 5.41) is 13.9. The Morgan fingerprint density at radius 3 is 2.26 bits per heavy atom. The molecular weight excluding hydrogens is 525 g/mol. The van der Waals surface area contributed by atoms with Crippen LogP contribution in [-0.2, 0) is 11.0 Å². The first-order valence-corrected chi connectivity index (χ1v) is 12.3. The molecule has 0 aromatic heterocycles. The van der Waals surface area contributed by atoms with Crippen molar-refractivity contribution in [1.29, 1.82) is 0 Å². The second kappa shape index (κ2) is 12.6. The highest BCUT2D eigenvalue weighted by Crippen LogP contribution is 2.38. The van der Waals surface area contributed by atoms with Crippen LogP contribution < -0.4 is 10.2 Å². The number of piperidine rings is 1. The minimum Gasteiger partial charge on any atom is -0.382 e. The molecule has 0 unspecified atom stereocenters. The molecule has 1 amide bonds. The monoisotopic (exact) mass is 557 g/mol. The van der Waals surface area contributed by atoms with E-state index in [1.165, 1.54) is 18.2 Å². The standard InChI is InChI=1S/C25H28F5N5O3.CH4/c26-17-1-3-23(21(27)15-17)33-13-11-32(12-14-33)8-7-24(36)34-9-5-18(6-10-34)31-19-2-4-22(35(37)38)20(16-19)25(28,29)30;/h1-4,15-16,18,31H,5-14H2;1H4. The fraction of sp³-hybridized carbons (Fsp3) is 0.500. The Bertz CT molecular complexity index is 1160. The lowest BCUT2D eigenvalue weighted by Gasteiger charge is -2.37. The number of nitrogens with one attached hydrogen (secondary N) is 1. The highest BCUT2D eigenvalue weighted by molar-refractivity contribution is 5.76. The fourth-order valence-electron chi connectivity index (χ4n) is 4.88. The lowest BCUT2D eigenvalue weighted by Crippen LogP contribution is -2.48. The molecule has 2 aromatic carbocycles. The summed E-state index contributed by atoms with van der Waals surface area (Å²) in [5.41, 5.74) is -1.79. The van der Waals surface area contributed by atoms with Crippen LogP contribution in [0.15, 0.2) is 36.4 Å². The minimum absolute atomic E-state index is 0. The first-order chi connectivity index (χ1) is 18.0. The highest BCUT2D eigenvalue weighted by Gasteiger charge is 2.38. The summed E-state index contributed by atoms with van der Waals surface area (Å²) in [4.78, 5) is 28.3. The number of nitro groups is 1. The Balaban J connectivity index is 0.00000420. The average molecular weight is 558 g/mol. The molecule has 2 aromatic rings. The Morgan fingerprint density at radius 2 is 1.67 bits per heavy atom. The zero-order valence-corrected chi connectivity index (χ0v) is 20.5. The first-order valence-electron chi connectivity index (χ1n) is 12.3. The molecule has 0 aliphatic carbocycles. The molecular formula is C26H32F5N5O3. The van der Waals surface area contributed by atoms with Crippen LogP contribution in [0, 0.1) is 21.7 Å². The smallest absolute Gasteiger partial charge is 0.382 e. The van der Waals surface area contributed by atoms with Gasteiger partial charge in [0.05, 0.1) is 10.6 Å². The molecule has 0 bridgehead atoms. The second-order valence-electron chi connectivity index (χ2n) is 9.46. The minimum atomic E-state index is -4.85. The van der Waals surface area contributed by atoms with Crippen LogP contribution >= 0.6 is 0 Å². The van der Waals surface area contributed by atoms with Gasteiger partial charge in [-0.15, -0.1) is 0 Å². The molecule has 0 atom stereocenters. The fourth-order valence-corrected chi connectivity index (χ4v) is 4.88. The van der Waals surface area contributed by atoms with Crippen LogP contribution in [0.25, 0.3) is 0 Å².